The van der Waals surface area contributed by atoms with E-state index in [1.165, 1.54) is 0 Å². The number of carbonyl (C=O) groups excluding carboxylic acids is 1. The van der Waals surface area contributed by atoms with Crippen molar-refractivity contribution in [1.82, 2.24) is 15.0 Å². The summed E-state index contributed by atoms with van der Waals surface area (Å²) in [4.78, 5) is 18.0. The molecule has 0 aliphatic rings. The summed E-state index contributed by atoms with van der Waals surface area (Å²) in [5, 5.41) is 4.49. The van der Waals surface area contributed by atoms with Gasteiger partial charge in [0, 0.05) is 31.5 Å². The van der Waals surface area contributed by atoms with Gasteiger partial charge >= 0.3 is 0 Å². The van der Waals surface area contributed by atoms with Crippen LogP contribution in [0.3, 0.4) is 0 Å². The summed E-state index contributed by atoms with van der Waals surface area (Å²) in [5.41, 5.74) is 0.726. The molecule has 0 fully saturated rings. The van der Waals surface area contributed by atoms with Gasteiger partial charge < -0.3 is 9.42 Å². The van der Waals surface area contributed by atoms with Crippen LogP contribution in [-0.4, -0.2) is 34.0 Å². The quantitative estimate of drug-likeness (QED) is 0.822. The first-order valence-corrected chi connectivity index (χ1v) is 7.38. The number of benzene rings is 1. The smallest absolute Gasteiger partial charge is 0.227 e. The molecule has 1 heterocycles. The Labute approximate surface area is 128 Å². The Morgan fingerprint density at radius 2 is 2.00 bits per heavy atom. The van der Waals surface area contributed by atoms with Crippen molar-refractivity contribution in [3.8, 4) is 11.4 Å². The van der Waals surface area contributed by atoms with Crippen molar-refractivity contribution in [2.24, 2.45) is 0 Å². The van der Waals surface area contributed by atoms with Crippen LogP contribution in [0.1, 0.15) is 26.2 Å². The van der Waals surface area contributed by atoms with E-state index in [1.807, 2.05) is 32.0 Å². The Bertz CT molecular complexity index is 608. The summed E-state index contributed by atoms with van der Waals surface area (Å²) in [6, 6.07) is 7.31. The Kier molecular flexibility index (Phi) is 5.33. The molecule has 2 rings (SSSR count). The molecule has 5 nitrogen and oxygen atoms in total. The maximum absolute atomic E-state index is 11.9. The minimum absolute atomic E-state index is 0.0949. The highest BCUT2D eigenvalue weighted by molar-refractivity contribution is 6.33. The summed E-state index contributed by atoms with van der Waals surface area (Å²) in [6.07, 6.45) is 0.804. The van der Waals surface area contributed by atoms with E-state index < -0.39 is 0 Å². The fourth-order valence-corrected chi connectivity index (χ4v) is 2.28. The zero-order chi connectivity index (χ0) is 15.2. The van der Waals surface area contributed by atoms with Crippen LogP contribution in [-0.2, 0) is 11.2 Å². The van der Waals surface area contributed by atoms with Gasteiger partial charge in [-0.15, -0.1) is 0 Å². The first kappa shape index (κ1) is 15.5. The number of hydrogen-bond acceptors (Lipinski definition) is 4. The Morgan fingerprint density at radius 1 is 1.29 bits per heavy atom. The molecule has 0 bridgehead atoms. The first-order chi connectivity index (χ1) is 10.2. The molecule has 0 N–H and O–H groups in total. The van der Waals surface area contributed by atoms with Gasteiger partial charge in [-0.3, -0.25) is 4.79 Å². The molecule has 0 spiro atoms. The topological polar surface area (TPSA) is 59.2 Å². The maximum Gasteiger partial charge on any atom is 0.227 e. The van der Waals surface area contributed by atoms with Crippen molar-refractivity contribution in [3.05, 3.63) is 35.2 Å². The van der Waals surface area contributed by atoms with Crippen LogP contribution in [0, 0.1) is 0 Å². The highest BCUT2D eigenvalue weighted by Crippen LogP contribution is 2.25. The lowest BCUT2D eigenvalue weighted by Gasteiger charge is -2.17. The molecule has 0 aliphatic heterocycles. The standard InChI is InChI=1S/C15H18ClN3O2/c1-3-19(4-2)14(20)10-9-13-17-15(18-21-13)11-7-5-6-8-12(11)16/h5-8H,3-4,9-10H2,1-2H3. The van der Waals surface area contributed by atoms with Crippen molar-refractivity contribution in [2.45, 2.75) is 26.7 Å². The van der Waals surface area contributed by atoms with Crippen LogP contribution in [0.25, 0.3) is 11.4 Å². The van der Waals surface area contributed by atoms with Crippen LogP contribution < -0.4 is 0 Å². The highest BCUT2D eigenvalue weighted by Gasteiger charge is 2.14. The van der Waals surface area contributed by atoms with Crippen LogP contribution >= 0.6 is 11.6 Å². The minimum atomic E-state index is 0.0949. The molecule has 0 unspecified atom stereocenters. The lowest BCUT2D eigenvalue weighted by Crippen LogP contribution is -2.30. The van der Waals surface area contributed by atoms with Crippen LogP contribution in [0.5, 0.6) is 0 Å². The van der Waals surface area contributed by atoms with Crippen molar-refractivity contribution in [1.29, 1.82) is 0 Å². The zero-order valence-corrected chi connectivity index (χ0v) is 12.9. The van der Waals surface area contributed by atoms with Crippen molar-refractivity contribution in [2.75, 3.05) is 13.1 Å². The minimum Gasteiger partial charge on any atom is -0.343 e. The summed E-state index contributed by atoms with van der Waals surface area (Å²) in [5.74, 6) is 0.994. The van der Waals surface area contributed by atoms with Gasteiger partial charge in [0.2, 0.25) is 17.6 Å². The second-order valence-electron chi connectivity index (χ2n) is 4.56. The van der Waals surface area contributed by atoms with E-state index in [2.05, 4.69) is 10.1 Å². The van der Waals surface area contributed by atoms with Gasteiger partial charge in [-0.1, -0.05) is 28.9 Å². The van der Waals surface area contributed by atoms with E-state index in [4.69, 9.17) is 16.1 Å². The lowest BCUT2D eigenvalue weighted by atomic mass is 10.2. The average Bonchev–Trinajstić information content (AvgIpc) is 2.95. The zero-order valence-electron chi connectivity index (χ0n) is 12.2. The third-order valence-electron chi connectivity index (χ3n) is 3.25. The molecule has 1 amide bonds. The molecule has 21 heavy (non-hydrogen) atoms. The molecule has 112 valence electrons. The summed E-state index contributed by atoms with van der Waals surface area (Å²) >= 11 is 6.09. The van der Waals surface area contributed by atoms with Crippen LogP contribution in [0.2, 0.25) is 5.02 Å². The molecule has 0 radical (unpaired) electrons. The average molecular weight is 308 g/mol. The molecule has 2 aromatic rings. The summed E-state index contributed by atoms with van der Waals surface area (Å²) in [6.45, 7) is 5.35. The van der Waals surface area contributed by atoms with Gasteiger partial charge in [0.1, 0.15) is 0 Å². The molecule has 1 aromatic carbocycles. The van der Waals surface area contributed by atoms with Crippen molar-refractivity contribution < 1.29 is 9.32 Å². The number of rotatable bonds is 6. The van der Waals surface area contributed by atoms with E-state index in [1.54, 1.807) is 11.0 Å². The molecule has 0 saturated carbocycles. The molecule has 0 saturated heterocycles. The molecule has 6 heteroatoms. The number of nitrogens with zero attached hydrogens (tertiary/aromatic N) is 3. The van der Waals surface area contributed by atoms with Gasteiger partial charge in [0.05, 0.1) is 5.02 Å². The van der Waals surface area contributed by atoms with Crippen LogP contribution in [0.15, 0.2) is 28.8 Å². The number of carbonyl (C=O) groups is 1. The predicted octanol–water partition coefficient (Wildman–Crippen LogP) is 3.19. The number of aromatic nitrogens is 2. The van der Waals surface area contributed by atoms with E-state index in [9.17, 15) is 4.79 Å². The SMILES string of the molecule is CCN(CC)C(=O)CCc1nc(-c2ccccc2Cl)no1. The van der Waals surface area contributed by atoms with E-state index in [-0.39, 0.29) is 5.91 Å². The Hall–Kier alpha value is -1.88. The second kappa shape index (κ2) is 7.22. The summed E-state index contributed by atoms with van der Waals surface area (Å²) < 4.78 is 5.18. The number of hydrogen-bond donors (Lipinski definition) is 0. The monoisotopic (exact) mass is 307 g/mol. The number of amides is 1. The molecule has 0 aliphatic carbocycles. The largest absolute Gasteiger partial charge is 0.343 e. The number of halogens is 1. The first-order valence-electron chi connectivity index (χ1n) is 7.01. The van der Waals surface area contributed by atoms with Gasteiger partial charge in [-0.2, -0.15) is 4.98 Å². The fourth-order valence-electron chi connectivity index (χ4n) is 2.06. The third kappa shape index (κ3) is 3.82. The van der Waals surface area contributed by atoms with Gasteiger partial charge in [0.25, 0.3) is 0 Å². The normalized spacial score (nSPS) is 10.6. The van der Waals surface area contributed by atoms with E-state index in [0.29, 0.717) is 42.7 Å². The van der Waals surface area contributed by atoms with E-state index >= 15 is 0 Å². The van der Waals surface area contributed by atoms with E-state index in [0.717, 1.165) is 5.56 Å². The predicted molar refractivity (Wildman–Crippen MR) is 81.0 cm³/mol. The van der Waals surface area contributed by atoms with Gasteiger partial charge in [-0.25, -0.2) is 0 Å². The third-order valence-corrected chi connectivity index (χ3v) is 3.58. The summed E-state index contributed by atoms with van der Waals surface area (Å²) in [7, 11) is 0. The van der Waals surface area contributed by atoms with Crippen LogP contribution in [0.4, 0.5) is 0 Å². The molecular formula is C15H18ClN3O2. The maximum atomic E-state index is 11.9. The molecule has 1 aromatic heterocycles. The Balaban J connectivity index is 2.01. The lowest BCUT2D eigenvalue weighted by molar-refractivity contribution is -0.130. The molecular weight excluding hydrogens is 290 g/mol. The van der Waals surface area contributed by atoms with Gasteiger partial charge in [-0.05, 0) is 26.0 Å². The van der Waals surface area contributed by atoms with Gasteiger partial charge in [0.15, 0.2) is 0 Å². The number of aryl methyl sites for hydroxylation is 1. The highest BCUT2D eigenvalue weighted by atomic mass is 35.5. The second-order valence-corrected chi connectivity index (χ2v) is 4.96. The molecule has 0 atom stereocenters. The fraction of sp³-hybridized carbons (Fsp3) is 0.400. The van der Waals surface area contributed by atoms with Crippen molar-refractivity contribution >= 4 is 17.5 Å². The Morgan fingerprint density at radius 3 is 2.67 bits per heavy atom. The van der Waals surface area contributed by atoms with Crippen molar-refractivity contribution in [3.63, 3.8) is 0 Å².